The monoisotopic (exact) mass is 431 g/mol. The van der Waals surface area contributed by atoms with Gasteiger partial charge in [-0.05, 0) is 44.0 Å². The molecule has 3 fully saturated rings. The van der Waals surface area contributed by atoms with Gasteiger partial charge in [0.05, 0.1) is 11.8 Å². The number of unbranched alkanes of at least 4 members (excludes halogenated alkanes) is 1. The second kappa shape index (κ2) is 5.88. The predicted molar refractivity (Wildman–Crippen MR) is 103 cm³/mol. The molecule has 0 unspecified atom stereocenters. The van der Waals surface area contributed by atoms with Crippen LogP contribution in [0, 0.1) is 11.8 Å². The SMILES string of the molecule is CCCCN1C(=O)[C@@H]2[C@H]3CCCN3[C@@]3(C(=O)Nc4ccc(Br)cc43)[C@@H]2C1=O. The molecule has 3 amide bonds. The lowest BCUT2D eigenvalue weighted by Gasteiger charge is -2.36. The molecule has 4 atom stereocenters. The highest BCUT2D eigenvalue weighted by Gasteiger charge is 2.74. The van der Waals surface area contributed by atoms with Crippen LogP contribution in [-0.4, -0.2) is 46.7 Å². The van der Waals surface area contributed by atoms with Crippen LogP contribution in [0.15, 0.2) is 22.7 Å². The van der Waals surface area contributed by atoms with Gasteiger partial charge in [-0.25, -0.2) is 0 Å². The Bertz CT molecular complexity index is 872. The van der Waals surface area contributed by atoms with Crippen LogP contribution >= 0.6 is 15.9 Å². The van der Waals surface area contributed by atoms with Gasteiger partial charge in [-0.15, -0.1) is 0 Å². The zero-order valence-corrected chi connectivity index (χ0v) is 16.8. The van der Waals surface area contributed by atoms with Crippen molar-refractivity contribution < 1.29 is 14.4 Å². The first kappa shape index (κ1) is 17.4. The van der Waals surface area contributed by atoms with Crippen LogP contribution in [0.5, 0.6) is 0 Å². The van der Waals surface area contributed by atoms with Crippen LogP contribution in [0.4, 0.5) is 5.69 Å². The van der Waals surface area contributed by atoms with Crippen LogP contribution in [-0.2, 0) is 19.9 Å². The van der Waals surface area contributed by atoms with E-state index in [1.54, 1.807) is 0 Å². The molecule has 0 saturated carbocycles. The number of anilines is 1. The third-order valence-corrected chi connectivity index (χ3v) is 7.27. The van der Waals surface area contributed by atoms with Crippen LogP contribution in [0.3, 0.4) is 0 Å². The molecule has 0 bridgehead atoms. The van der Waals surface area contributed by atoms with Crippen LogP contribution in [0.2, 0.25) is 0 Å². The number of halogens is 1. The summed E-state index contributed by atoms with van der Waals surface area (Å²) in [5.74, 6) is -1.44. The van der Waals surface area contributed by atoms with Gasteiger partial charge < -0.3 is 5.32 Å². The first-order chi connectivity index (χ1) is 13.0. The summed E-state index contributed by atoms with van der Waals surface area (Å²) in [5, 5.41) is 2.99. The van der Waals surface area contributed by atoms with E-state index in [0.717, 1.165) is 48.0 Å². The Kier molecular flexibility index (Phi) is 3.78. The molecule has 1 N–H and O–H groups in total. The molecular formula is C20H22BrN3O3. The number of amides is 3. The molecule has 6 nitrogen and oxygen atoms in total. The van der Waals surface area contributed by atoms with E-state index < -0.39 is 17.4 Å². The van der Waals surface area contributed by atoms with E-state index in [2.05, 4.69) is 26.1 Å². The van der Waals surface area contributed by atoms with Gasteiger partial charge in [-0.1, -0.05) is 29.3 Å². The van der Waals surface area contributed by atoms with Gasteiger partial charge in [0.25, 0.3) is 0 Å². The van der Waals surface area contributed by atoms with E-state index in [4.69, 9.17) is 0 Å². The van der Waals surface area contributed by atoms with Crippen molar-refractivity contribution in [3.8, 4) is 0 Å². The molecule has 1 aromatic rings. The Hall–Kier alpha value is -1.73. The molecular weight excluding hydrogens is 410 g/mol. The molecule has 0 radical (unpaired) electrons. The highest BCUT2D eigenvalue weighted by molar-refractivity contribution is 9.10. The molecule has 1 aromatic carbocycles. The number of rotatable bonds is 3. The number of fused-ring (bicyclic) bond motifs is 7. The van der Waals surface area contributed by atoms with E-state index >= 15 is 0 Å². The molecule has 142 valence electrons. The maximum atomic E-state index is 13.4. The van der Waals surface area contributed by atoms with Crippen LogP contribution in [0.25, 0.3) is 0 Å². The number of imide groups is 1. The third kappa shape index (κ3) is 2.02. The smallest absolute Gasteiger partial charge is 0.250 e. The van der Waals surface area contributed by atoms with Gasteiger partial charge in [0.2, 0.25) is 17.7 Å². The van der Waals surface area contributed by atoms with Crippen molar-refractivity contribution in [1.82, 2.24) is 9.80 Å². The fourth-order valence-corrected chi connectivity index (χ4v) is 6.13. The van der Waals surface area contributed by atoms with Crippen LogP contribution in [0.1, 0.15) is 38.2 Å². The average molecular weight is 432 g/mol. The minimum absolute atomic E-state index is 0.0336. The molecule has 4 aliphatic rings. The van der Waals surface area contributed by atoms with E-state index in [9.17, 15) is 14.4 Å². The summed E-state index contributed by atoms with van der Waals surface area (Å²) in [6.07, 6.45) is 3.53. The molecule has 0 aromatic heterocycles. The predicted octanol–water partition coefficient (Wildman–Crippen LogP) is 2.48. The number of nitrogens with zero attached hydrogens (tertiary/aromatic N) is 2. The lowest BCUT2D eigenvalue weighted by molar-refractivity contribution is -0.145. The summed E-state index contributed by atoms with van der Waals surface area (Å²) in [6, 6.07) is 5.67. The molecule has 0 aliphatic carbocycles. The number of hydrogen-bond acceptors (Lipinski definition) is 4. The summed E-state index contributed by atoms with van der Waals surface area (Å²) in [4.78, 5) is 43.6. The van der Waals surface area contributed by atoms with E-state index in [1.165, 1.54) is 4.90 Å². The number of benzene rings is 1. The molecule has 4 heterocycles. The number of nitrogens with one attached hydrogen (secondary N) is 1. The summed E-state index contributed by atoms with van der Waals surface area (Å²) in [6.45, 7) is 3.24. The minimum Gasteiger partial charge on any atom is -0.324 e. The van der Waals surface area contributed by atoms with Gasteiger partial charge in [-0.2, -0.15) is 0 Å². The van der Waals surface area contributed by atoms with Crippen molar-refractivity contribution in [2.75, 3.05) is 18.4 Å². The van der Waals surface area contributed by atoms with Crippen molar-refractivity contribution in [3.63, 3.8) is 0 Å². The molecule has 5 rings (SSSR count). The van der Waals surface area contributed by atoms with Gasteiger partial charge in [0.1, 0.15) is 5.54 Å². The van der Waals surface area contributed by atoms with E-state index in [1.807, 2.05) is 25.1 Å². The van der Waals surface area contributed by atoms with Gasteiger partial charge in [-0.3, -0.25) is 24.2 Å². The second-order valence-corrected chi connectivity index (χ2v) is 8.91. The standard InChI is InChI=1S/C20H22BrN3O3/c1-2-3-8-23-17(25)15-14-5-4-9-24(14)20(16(15)18(23)26)12-10-11(21)6-7-13(12)22-19(20)27/h6-7,10,14-16H,2-5,8-9H2,1H3,(H,22,27)/t14-,15-,16+,20-/m1/s1. The van der Waals surface area contributed by atoms with Gasteiger partial charge in [0.15, 0.2) is 0 Å². The number of carbonyl (C=O) groups excluding carboxylic acids is 3. The zero-order chi connectivity index (χ0) is 18.9. The molecule has 4 aliphatic heterocycles. The summed E-state index contributed by atoms with van der Waals surface area (Å²) in [7, 11) is 0. The second-order valence-electron chi connectivity index (χ2n) is 8.00. The Morgan fingerprint density at radius 3 is 2.85 bits per heavy atom. The maximum absolute atomic E-state index is 13.4. The molecule has 3 saturated heterocycles. The van der Waals surface area contributed by atoms with Crippen molar-refractivity contribution in [3.05, 3.63) is 28.2 Å². The summed E-state index contributed by atoms with van der Waals surface area (Å²) in [5.41, 5.74) is 0.528. The van der Waals surface area contributed by atoms with Crippen molar-refractivity contribution in [1.29, 1.82) is 0 Å². The Morgan fingerprint density at radius 1 is 1.26 bits per heavy atom. The van der Waals surface area contributed by atoms with Crippen molar-refractivity contribution in [2.24, 2.45) is 11.8 Å². The highest BCUT2D eigenvalue weighted by Crippen LogP contribution is 2.60. The van der Waals surface area contributed by atoms with E-state index in [-0.39, 0.29) is 23.8 Å². The van der Waals surface area contributed by atoms with Crippen molar-refractivity contribution in [2.45, 2.75) is 44.2 Å². The minimum atomic E-state index is -1.06. The van der Waals surface area contributed by atoms with Gasteiger partial charge >= 0.3 is 0 Å². The normalized spacial score (nSPS) is 34.4. The Morgan fingerprint density at radius 2 is 2.07 bits per heavy atom. The average Bonchev–Trinajstić information content (AvgIpc) is 3.33. The lowest BCUT2D eigenvalue weighted by Crippen LogP contribution is -2.54. The molecule has 1 spiro atoms. The first-order valence-corrected chi connectivity index (χ1v) is 10.5. The molecule has 7 heteroatoms. The fraction of sp³-hybridized carbons (Fsp3) is 0.550. The van der Waals surface area contributed by atoms with Crippen molar-refractivity contribution >= 4 is 39.3 Å². The number of hydrogen-bond donors (Lipinski definition) is 1. The summed E-state index contributed by atoms with van der Waals surface area (Å²) < 4.78 is 0.871. The van der Waals surface area contributed by atoms with E-state index in [0.29, 0.717) is 6.54 Å². The number of carbonyl (C=O) groups is 3. The quantitative estimate of drug-likeness (QED) is 0.746. The Balaban J connectivity index is 1.69. The first-order valence-electron chi connectivity index (χ1n) is 9.75. The zero-order valence-electron chi connectivity index (χ0n) is 15.2. The third-order valence-electron chi connectivity index (χ3n) is 6.78. The topological polar surface area (TPSA) is 69.7 Å². The number of likely N-dealkylation sites (tertiary alicyclic amines) is 1. The fourth-order valence-electron chi connectivity index (χ4n) is 5.77. The summed E-state index contributed by atoms with van der Waals surface area (Å²) >= 11 is 3.51. The molecule has 27 heavy (non-hydrogen) atoms. The van der Waals surface area contributed by atoms with Crippen LogP contribution < -0.4 is 5.32 Å². The largest absolute Gasteiger partial charge is 0.324 e. The van der Waals surface area contributed by atoms with Gasteiger partial charge in [0, 0.05) is 28.3 Å². The Labute approximate surface area is 166 Å². The highest BCUT2D eigenvalue weighted by atomic mass is 79.9. The maximum Gasteiger partial charge on any atom is 0.250 e. The lowest BCUT2D eigenvalue weighted by atomic mass is 9.75.